The maximum atomic E-state index is 13.6. The molecule has 3 nitrogen and oxygen atoms in total. The molecule has 2 rings (SSSR count). The molecule has 1 atom stereocenters. The van der Waals surface area contributed by atoms with Crippen molar-refractivity contribution in [3.8, 4) is 0 Å². The fraction of sp³-hybridized carbons (Fsp3) is 0.308. The Balaban J connectivity index is 2.40. The van der Waals surface area contributed by atoms with E-state index in [0.29, 0.717) is 24.7 Å². The number of aliphatic hydroxyl groups excluding tert-OH is 1. The number of rotatable bonds is 3. The molecule has 0 aliphatic carbocycles. The van der Waals surface area contributed by atoms with Gasteiger partial charge in [-0.1, -0.05) is 0 Å². The zero-order valence-corrected chi connectivity index (χ0v) is 10.5. The van der Waals surface area contributed by atoms with E-state index in [1.807, 2.05) is 6.92 Å². The molecule has 0 saturated heterocycles. The second-order valence-electron chi connectivity index (χ2n) is 4.27. The molecule has 0 aliphatic heterocycles. The maximum absolute atomic E-state index is 13.6. The van der Waals surface area contributed by atoms with Gasteiger partial charge in [0, 0.05) is 23.9 Å². The Morgan fingerprint density at radius 1 is 1.35 bits per heavy atom. The summed E-state index contributed by atoms with van der Waals surface area (Å²) in [5, 5.41) is 13.9. The van der Waals surface area contributed by atoms with Gasteiger partial charge in [0.25, 0.3) is 0 Å². The Bertz CT molecular complexity index is 607. The first-order chi connectivity index (χ1) is 9.32. The lowest BCUT2D eigenvalue weighted by molar-refractivity contribution is -0.137. The second kappa shape index (κ2) is 5.24. The van der Waals surface area contributed by atoms with Crippen LogP contribution < -0.4 is 0 Å². The lowest BCUT2D eigenvalue weighted by atomic mass is 10.0. The minimum Gasteiger partial charge on any atom is -0.383 e. The highest BCUT2D eigenvalue weighted by atomic mass is 19.4. The summed E-state index contributed by atoms with van der Waals surface area (Å²) < 4.78 is 52.9. The number of aromatic nitrogens is 2. The highest BCUT2D eigenvalue weighted by molar-refractivity contribution is 5.33. The Morgan fingerprint density at radius 2 is 2.05 bits per heavy atom. The smallest absolute Gasteiger partial charge is 0.383 e. The van der Waals surface area contributed by atoms with Gasteiger partial charge in [-0.15, -0.1) is 0 Å². The number of alkyl halides is 3. The topological polar surface area (TPSA) is 38.0 Å². The molecule has 0 saturated carbocycles. The third-order valence-electron chi connectivity index (χ3n) is 2.91. The van der Waals surface area contributed by atoms with Crippen LogP contribution in [0.1, 0.15) is 29.7 Å². The van der Waals surface area contributed by atoms with E-state index in [2.05, 4.69) is 5.10 Å². The summed E-state index contributed by atoms with van der Waals surface area (Å²) in [6.07, 6.45) is -3.31. The van der Waals surface area contributed by atoms with Crippen molar-refractivity contribution in [2.75, 3.05) is 0 Å². The van der Waals surface area contributed by atoms with Crippen LogP contribution in [0.5, 0.6) is 0 Å². The molecule has 0 fully saturated rings. The lowest BCUT2D eigenvalue weighted by Gasteiger charge is -2.13. The van der Waals surface area contributed by atoms with Crippen molar-refractivity contribution < 1.29 is 22.7 Å². The molecular weight excluding hydrogens is 276 g/mol. The van der Waals surface area contributed by atoms with Crippen molar-refractivity contribution in [2.24, 2.45) is 0 Å². The van der Waals surface area contributed by atoms with Crippen LogP contribution in [0.25, 0.3) is 0 Å². The quantitative estimate of drug-likeness (QED) is 0.881. The lowest BCUT2D eigenvalue weighted by Crippen LogP contribution is -2.09. The van der Waals surface area contributed by atoms with Gasteiger partial charge in [0.2, 0.25) is 0 Å². The van der Waals surface area contributed by atoms with Crippen molar-refractivity contribution in [2.45, 2.75) is 25.7 Å². The average molecular weight is 288 g/mol. The molecular formula is C13H12F4N2O. The van der Waals surface area contributed by atoms with Gasteiger partial charge in [-0.3, -0.25) is 4.68 Å². The van der Waals surface area contributed by atoms with E-state index in [9.17, 15) is 22.7 Å². The predicted octanol–water partition coefficient (Wildman–Crippen LogP) is 3.14. The molecule has 0 amide bonds. The largest absolute Gasteiger partial charge is 0.416 e. The SMILES string of the molecule is CCn1cc(C(O)c2cc(C(F)(F)F)ccc2F)cn1. The van der Waals surface area contributed by atoms with E-state index in [1.165, 1.54) is 17.1 Å². The van der Waals surface area contributed by atoms with Crippen molar-refractivity contribution >= 4 is 0 Å². The standard InChI is InChI=1S/C13H12F4N2O/c1-2-19-7-8(6-18-19)12(20)10-5-9(13(15,16)17)3-4-11(10)14/h3-7,12,20H,2H2,1H3. The van der Waals surface area contributed by atoms with Crippen LogP contribution in [-0.4, -0.2) is 14.9 Å². The molecule has 1 aromatic heterocycles. The van der Waals surface area contributed by atoms with Gasteiger partial charge < -0.3 is 5.11 Å². The van der Waals surface area contributed by atoms with Gasteiger partial charge in [0.15, 0.2) is 0 Å². The van der Waals surface area contributed by atoms with Gasteiger partial charge in [-0.2, -0.15) is 18.3 Å². The minimum atomic E-state index is -4.59. The number of aliphatic hydroxyl groups is 1. The molecule has 20 heavy (non-hydrogen) atoms. The Kier molecular flexibility index (Phi) is 3.80. The number of benzene rings is 1. The molecule has 1 unspecified atom stereocenters. The monoisotopic (exact) mass is 288 g/mol. The van der Waals surface area contributed by atoms with Gasteiger partial charge in [0.1, 0.15) is 11.9 Å². The fourth-order valence-corrected chi connectivity index (χ4v) is 1.80. The number of hydrogen-bond donors (Lipinski definition) is 1. The van der Waals surface area contributed by atoms with Crippen LogP contribution in [0, 0.1) is 5.82 Å². The van der Waals surface area contributed by atoms with Crippen LogP contribution in [0.4, 0.5) is 17.6 Å². The van der Waals surface area contributed by atoms with Crippen LogP contribution >= 0.6 is 0 Å². The maximum Gasteiger partial charge on any atom is 0.416 e. The first-order valence-corrected chi connectivity index (χ1v) is 5.90. The Hall–Kier alpha value is -1.89. The van der Waals surface area contributed by atoms with Crippen molar-refractivity contribution in [1.82, 2.24) is 9.78 Å². The highest BCUT2D eigenvalue weighted by Crippen LogP contribution is 2.33. The molecule has 108 valence electrons. The third kappa shape index (κ3) is 2.82. The first kappa shape index (κ1) is 14.5. The van der Waals surface area contributed by atoms with Crippen molar-refractivity contribution in [3.05, 3.63) is 53.1 Å². The summed E-state index contributed by atoms with van der Waals surface area (Å²) in [6.45, 7) is 2.35. The Morgan fingerprint density at radius 3 is 2.60 bits per heavy atom. The molecule has 7 heteroatoms. The average Bonchev–Trinajstić information content (AvgIpc) is 2.86. The molecule has 0 bridgehead atoms. The van der Waals surface area contributed by atoms with E-state index >= 15 is 0 Å². The minimum absolute atomic E-state index is 0.241. The summed E-state index contributed by atoms with van der Waals surface area (Å²) in [7, 11) is 0. The molecule has 0 spiro atoms. The molecule has 1 heterocycles. The van der Waals surface area contributed by atoms with Gasteiger partial charge >= 0.3 is 6.18 Å². The normalized spacial score (nSPS) is 13.5. The number of aryl methyl sites for hydroxylation is 1. The zero-order chi connectivity index (χ0) is 14.9. The summed E-state index contributed by atoms with van der Waals surface area (Å²) >= 11 is 0. The molecule has 0 aliphatic rings. The van der Waals surface area contributed by atoms with E-state index in [-0.39, 0.29) is 5.56 Å². The van der Waals surface area contributed by atoms with Crippen LogP contribution in [0.3, 0.4) is 0 Å². The zero-order valence-electron chi connectivity index (χ0n) is 10.5. The summed E-state index contributed by atoms with van der Waals surface area (Å²) in [4.78, 5) is 0. The van der Waals surface area contributed by atoms with Gasteiger partial charge in [-0.05, 0) is 25.1 Å². The highest BCUT2D eigenvalue weighted by Gasteiger charge is 2.32. The van der Waals surface area contributed by atoms with E-state index in [1.54, 1.807) is 0 Å². The summed E-state index contributed by atoms with van der Waals surface area (Å²) in [6, 6.07) is 1.95. The fourth-order valence-electron chi connectivity index (χ4n) is 1.80. The van der Waals surface area contributed by atoms with Crippen LogP contribution in [0.15, 0.2) is 30.6 Å². The second-order valence-corrected chi connectivity index (χ2v) is 4.27. The summed E-state index contributed by atoms with van der Waals surface area (Å²) in [5.41, 5.74) is -1.18. The molecule has 2 aromatic rings. The Labute approximate surface area is 112 Å². The molecule has 1 aromatic carbocycles. The van der Waals surface area contributed by atoms with E-state index < -0.39 is 29.2 Å². The number of nitrogens with zero attached hydrogens (tertiary/aromatic N) is 2. The summed E-state index contributed by atoms with van der Waals surface area (Å²) in [5.74, 6) is -0.894. The van der Waals surface area contributed by atoms with Crippen molar-refractivity contribution in [3.63, 3.8) is 0 Å². The third-order valence-corrected chi connectivity index (χ3v) is 2.91. The van der Waals surface area contributed by atoms with Crippen molar-refractivity contribution in [1.29, 1.82) is 0 Å². The van der Waals surface area contributed by atoms with Gasteiger partial charge in [0.05, 0.1) is 11.8 Å². The molecule has 0 radical (unpaired) electrons. The van der Waals surface area contributed by atoms with Gasteiger partial charge in [-0.25, -0.2) is 4.39 Å². The molecule has 1 N–H and O–H groups in total. The predicted molar refractivity (Wildman–Crippen MR) is 63.4 cm³/mol. The number of halogens is 4. The van der Waals surface area contributed by atoms with E-state index in [4.69, 9.17) is 0 Å². The van der Waals surface area contributed by atoms with Crippen LogP contribution in [-0.2, 0) is 12.7 Å². The first-order valence-electron chi connectivity index (χ1n) is 5.90. The van der Waals surface area contributed by atoms with E-state index in [0.717, 1.165) is 0 Å². The van der Waals surface area contributed by atoms with Crippen LogP contribution in [0.2, 0.25) is 0 Å². The number of hydrogen-bond acceptors (Lipinski definition) is 2.